The number of hydrogen-bond donors (Lipinski definition) is 0. The Hall–Kier alpha value is -0.950. The largest absolute Gasteiger partial charge is 0.384 e. The van der Waals surface area contributed by atoms with Gasteiger partial charge in [-0.05, 0) is 32.5 Å². The summed E-state index contributed by atoms with van der Waals surface area (Å²) in [6.45, 7) is 3.27. The van der Waals surface area contributed by atoms with Gasteiger partial charge >= 0.3 is 0 Å². The topological polar surface area (TPSA) is 49.9 Å². The monoisotopic (exact) mass is 324 g/mol. The molecule has 0 saturated carbocycles. The highest BCUT2D eigenvalue weighted by molar-refractivity contribution is 7.89. The molecule has 5 nitrogen and oxygen atoms in total. The van der Waals surface area contributed by atoms with E-state index in [1.165, 1.54) is 0 Å². The quantitative estimate of drug-likeness (QED) is 0.840. The van der Waals surface area contributed by atoms with Crippen LogP contribution in [0.2, 0.25) is 0 Å². The van der Waals surface area contributed by atoms with Crippen LogP contribution in [0, 0.1) is 5.92 Å². The Bertz CT molecular complexity index is 620. The summed E-state index contributed by atoms with van der Waals surface area (Å²) in [5.74, 6) is 0.394. The van der Waals surface area contributed by atoms with Crippen molar-refractivity contribution in [2.45, 2.75) is 36.4 Å². The molecule has 0 aromatic heterocycles. The van der Waals surface area contributed by atoms with Crippen LogP contribution >= 0.6 is 0 Å². The van der Waals surface area contributed by atoms with Gasteiger partial charge < -0.3 is 4.74 Å². The minimum Gasteiger partial charge on any atom is -0.384 e. The lowest BCUT2D eigenvalue weighted by Crippen LogP contribution is -2.59. The predicted octanol–water partition coefficient (Wildman–Crippen LogP) is 1.41. The van der Waals surface area contributed by atoms with Crippen LogP contribution in [-0.2, 0) is 14.8 Å². The fourth-order valence-corrected chi connectivity index (χ4v) is 5.84. The molecule has 4 atom stereocenters. The number of sulfonamides is 1. The lowest BCUT2D eigenvalue weighted by Gasteiger charge is -2.44. The van der Waals surface area contributed by atoms with Crippen molar-refractivity contribution >= 4 is 10.0 Å². The molecule has 22 heavy (non-hydrogen) atoms. The van der Waals surface area contributed by atoms with Gasteiger partial charge in [0.15, 0.2) is 0 Å². The summed E-state index contributed by atoms with van der Waals surface area (Å²) in [6, 6.07) is 9.19. The SMILES string of the molecule is COC[C@H]1C[C@@H]2CN(S(=O)(=O)c3ccccc3)C(C)[C@H]1N2C. The van der Waals surface area contributed by atoms with Crippen molar-refractivity contribution in [2.75, 3.05) is 27.3 Å². The van der Waals surface area contributed by atoms with Crippen LogP contribution in [-0.4, -0.2) is 63.1 Å². The molecule has 1 aromatic rings. The van der Waals surface area contributed by atoms with Crippen molar-refractivity contribution in [3.63, 3.8) is 0 Å². The lowest BCUT2D eigenvalue weighted by atomic mass is 9.96. The van der Waals surface area contributed by atoms with Gasteiger partial charge in [-0.25, -0.2) is 8.42 Å². The van der Waals surface area contributed by atoms with Gasteiger partial charge in [-0.2, -0.15) is 4.31 Å². The number of benzene rings is 1. The molecule has 2 fully saturated rings. The molecule has 2 heterocycles. The second-order valence-electron chi connectivity index (χ2n) is 6.39. The van der Waals surface area contributed by atoms with Crippen LogP contribution in [0.15, 0.2) is 35.2 Å². The number of fused-ring (bicyclic) bond motifs is 2. The van der Waals surface area contributed by atoms with E-state index >= 15 is 0 Å². The Balaban J connectivity index is 1.91. The van der Waals surface area contributed by atoms with E-state index < -0.39 is 10.0 Å². The van der Waals surface area contributed by atoms with Crippen LogP contribution in [0.25, 0.3) is 0 Å². The molecule has 3 rings (SSSR count). The summed E-state index contributed by atoms with van der Waals surface area (Å²) in [5.41, 5.74) is 0. The van der Waals surface area contributed by atoms with E-state index in [4.69, 9.17) is 4.74 Å². The van der Waals surface area contributed by atoms with E-state index in [1.54, 1.807) is 35.7 Å². The molecule has 0 spiro atoms. The Morgan fingerprint density at radius 1 is 1.27 bits per heavy atom. The van der Waals surface area contributed by atoms with Gasteiger partial charge in [-0.3, -0.25) is 4.90 Å². The third-order valence-electron chi connectivity index (χ3n) is 5.17. The highest BCUT2D eigenvalue weighted by atomic mass is 32.2. The summed E-state index contributed by atoms with van der Waals surface area (Å²) in [4.78, 5) is 2.72. The van der Waals surface area contributed by atoms with E-state index in [1.807, 2.05) is 13.0 Å². The number of hydrogen-bond acceptors (Lipinski definition) is 4. The van der Waals surface area contributed by atoms with Gasteiger partial charge in [0.05, 0.1) is 11.5 Å². The Labute approximate surface area is 132 Å². The summed E-state index contributed by atoms with van der Waals surface area (Å²) in [6.07, 6.45) is 1.00. The maximum absolute atomic E-state index is 13.0. The van der Waals surface area contributed by atoms with Crippen molar-refractivity contribution in [1.82, 2.24) is 9.21 Å². The van der Waals surface area contributed by atoms with Crippen LogP contribution in [0.3, 0.4) is 0 Å². The molecule has 6 heteroatoms. The van der Waals surface area contributed by atoms with Gasteiger partial charge in [0.2, 0.25) is 10.0 Å². The smallest absolute Gasteiger partial charge is 0.243 e. The molecule has 0 aliphatic carbocycles. The van der Waals surface area contributed by atoms with Gasteiger partial charge in [0.1, 0.15) is 0 Å². The summed E-state index contributed by atoms with van der Waals surface area (Å²) >= 11 is 0. The van der Waals surface area contributed by atoms with Gasteiger partial charge in [0.25, 0.3) is 0 Å². The molecule has 122 valence electrons. The summed E-state index contributed by atoms with van der Waals surface area (Å²) < 4.78 is 33.0. The molecule has 0 radical (unpaired) electrons. The Morgan fingerprint density at radius 2 is 1.95 bits per heavy atom. The highest BCUT2D eigenvalue weighted by Gasteiger charge is 2.51. The average molecular weight is 324 g/mol. The minimum atomic E-state index is -3.43. The second-order valence-corrected chi connectivity index (χ2v) is 8.28. The van der Waals surface area contributed by atoms with Gasteiger partial charge in [0, 0.05) is 37.7 Å². The molecule has 1 unspecified atom stereocenters. The van der Waals surface area contributed by atoms with Crippen LogP contribution in [0.5, 0.6) is 0 Å². The molecule has 0 N–H and O–H groups in total. The number of likely N-dealkylation sites (N-methyl/N-ethyl adjacent to an activating group) is 1. The lowest BCUT2D eigenvalue weighted by molar-refractivity contribution is 0.0624. The average Bonchev–Trinajstić information content (AvgIpc) is 2.71. The Kier molecular flexibility index (Phi) is 4.29. The zero-order chi connectivity index (χ0) is 15.9. The summed E-state index contributed by atoms with van der Waals surface area (Å²) in [7, 11) is 0.386. The normalized spacial score (nSPS) is 33.2. The van der Waals surface area contributed by atoms with Crippen molar-refractivity contribution in [2.24, 2.45) is 5.92 Å². The first-order chi connectivity index (χ1) is 10.5. The maximum Gasteiger partial charge on any atom is 0.243 e. The van der Waals surface area contributed by atoms with E-state index in [2.05, 4.69) is 11.9 Å². The molecule has 2 saturated heterocycles. The first-order valence-electron chi connectivity index (χ1n) is 7.74. The zero-order valence-corrected chi connectivity index (χ0v) is 14.2. The first kappa shape index (κ1) is 15.9. The van der Waals surface area contributed by atoms with Crippen molar-refractivity contribution in [3.8, 4) is 0 Å². The number of ether oxygens (including phenoxy) is 1. The van der Waals surface area contributed by atoms with Gasteiger partial charge in [-0.15, -0.1) is 0 Å². The number of piperazine rings is 1. The first-order valence-corrected chi connectivity index (χ1v) is 9.18. The van der Waals surface area contributed by atoms with E-state index in [9.17, 15) is 8.42 Å². The van der Waals surface area contributed by atoms with Gasteiger partial charge in [-0.1, -0.05) is 18.2 Å². The molecular formula is C16H24N2O3S. The number of methoxy groups -OCH3 is 1. The van der Waals surface area contributed by atoms with E-state index in [0.717, 1.165) is 6.42 Å². The zero-order valence-electron chi connectivity index (χ0n) is 13.3. The minimum absolute atomic E-state index is 0.0471. The van der Waals surface area contributed by atoms with E-state index in [0.29, 0.717) is 24.0 Å². The number of rotatable bonds is 4. The molecule has 0 amide bonds. The predicted molar refractivity (Wildman–Crippen MR) is 85.1 cm³/mol. The standard InChI is InChI=1S/C16H24N2O3S/c1-12-16-13(11-21-3)9-14(17(16)2)10-18(12)22(19,20)15-7-5-4-6-8-15/h4-8,12-14,16H,9-11H2,1-3H3/t12?,13-,14-,16-/m1/s1. The third-order valence-corrected chi connectivity index (χ3v) is 7.14. The van der Waals surface area contributed by atoms with Crippen LogP contribution in [0.1, 0.15) is 13.3 Å². The molecular weight excluding hydrogens is 300 g/mol. The molecule has 2 aliphatic rings. The Morgan fingerprint density at radius 3 is 2.59 bits per heavy atom. The molecule has 1 aromatic carbocycles. The second kappa shape index (κ2) is 5.92. The fraction of sp³-hybridized carbons (Fsp3) is 0.625. The summed E-state index contributed by atoms with van der Waals surface area (Å²) in [5, 5.41) is 0. The van der Waals surface area contributed by atoms with Crippen LogP contribution in [0.4, 0.5) is 0 Å². The van der Waals surface area contributed by atoms with Crippen LogP contribution < -0.4 is 0 Å². The third kappa shape index (κ3) is 2.48. The molecule has 2 bridgehead atoms. The van der Waals surface area contributed by atoms with E-state index in [-0.39, 0.29) is 18.1 Å². The van der Waals surface area contributed by atoms with Crippen molar-refractivity contribution in [1.29, 1.82) is 0 Å². The number of nitrogens with zero attached hydrogens (tertiary/aromatic N) is 2. The molecule has 2 aliphatic heterocycles. The highest BCUT2D eigenvalue weighted by Crippen LogP contribution is 2.39. The van der Waals surface area contributed by atoms with Crippen molar-refractivity contribution < 1.29 is 13.2 Å². The maximum atomic E-state index is 13.0. The van der Waals surface area contributed by atoms with Crippen molar-refractivity contribution in [3.05, 3.63) is 30.3 Å². The fourth-order valence-electron chi connectivity index (χ4n) is 4.14.